The first-order valence-corrected chi connectivity index (χ1v) is 10.4. The lowest BCUT2D eigenvalue weighted by atomic mass is 9.72. The van der Waals surface area contributed by atoms with Gasteiger partial charge in [-0.3, -0.25) is 0 Å². The number of benzene rings is 2. The van der Waals surface area contributed by atoms with Crippen LogP contribution in [0.4, 0.5) is 0 Å². The molecule has 0 radical (unpaired) electrons. The van der Waals surface area contributed by atoms with Crippen LogP contribution in [-0.2, 0) is 10.2 Å². The first-order chi connectivity index (χ1) is 12.5. The third-order valence-electron chi connectivity index (χ3n) is 5.90. The molecule has 0 aromatic heterocycles. The van der Waals surface area contributed by atoms with E-state index < -0.39 is 0 Å². The van der Waals surface area contributed by atoms with E-state index in [0.717, 1.165) is 12.2 Å². The quantitative estimate of drug-likeness (QED) is 0.482. The molecular formula is C24H34O2S. The molecule has 0 atom stereocenters. The van der Waals surface area contributed by atoms with Crippen molar-refractivity contribution in [3.8, 4) is 5.75 Å². The lowest BCUT2D eigenvalue weighted by Crippen LogP contribution is -2.44. The smallest absolute Gasteiger partial charge is 0.120 e. The third-order valence-corrected chi connectivity index (χ3v) is 6.91. The van der Waals surface area contributed by atoms with Crippen molar-refractivity contribution in [3.63, 3.8) is 0 Å². The average molecular weight is 387 g/mol. The molecule has 0 unspecified atom stereocenters. The Morgan fingerprint density at radius 2 is 1.26 bits per heavy atom. The fourth-order valence-electron chi connectivity index (χ4n) is 2.65. The molecule has 2 nitrogen and oxygen atoms in total. The van der Waals surface area contributed by atoms with Crippen LogP contribution in [0.25, 0.3) is 0 Å². The summed E-state index contributed by atoms with van der Waals surface area (Å²) in [6, 6.07) is 17.2. The largest absolute Gasteiger partial charge is 0.488 e. The molecule has 2 aromatic carbocycles. The van der Waals surface area contributed by atoms with Gasteiger partial charge in [0.15, 0.2) is 0 Å². The molecule has 0 N–H and O–H groups in total. The van der Waals surface area contributed by atoms with Gasteiger partial charge in [-0.2, -0.15) is 0 Å². The summed E-state index contributed by atoms with van der Waals surface area (Å²) in [7, 11) is 1.78. The topological polar surface area (TPSA) is 18.5 Å². The standard InChI is InChI=1S/C24H34O2S/c1-9-22(2,3)26-19-12-16-21(17-13-19)27-20-14-10-18(11-15-20)23(4,5)24(6,7)25-8/h10-17H,9H2,1-8H3. The molecule has 0 amide bonds. The maximum atomic E-state index is 6.03. The average Bonchev–Trinajstić information content (AvgIpc) is 2.63. The molecule has 148 valence electrons. The van der Waals surface area contributed by atoms with Gasteiger partial charge in [0.25, 0.3) is 0 Å². The maximum Gasteiger partial charge on any atom is 0.120 e. The zero-order chi connectivity index (χ0) is 20.3. The Bertz CT molecular complexity index is 728. The van der Waals surface area contributed by atoms with E-state index in [1.165, 1.54) is 15.4 Å². The minimum Gasteiger partial charge on any atom is -0.488 e. The molecule has 2 rings (SSSR count). The lowest BCUT2D eigenvalue weighted by Gasteiger charge is -2.41. The van der Waals surface area contributed by atoms with Crippen molar-refractivity contribution in [2.75, 3.05) is 7.11 Å². The summed E-state index contributed by atoms with van der Waals surface area (Å²) in [6.07, 6.45) is 0.978. The van der Waals surface area contributed by atoms with Crippen LogP contribution in [0.15, 0.2) is 58.3 Å². The molecule has 2 aromatic rings. The van der Waals surface area contributed by atoms with Gasteiger partial charge < -0.3 is 9.47 Å². The van der Waals surface area contributed by atoms with Crippen LogP contribution in [0.2, 0.25) is 0 Å². The summed E-state index contributed by atoms with van der Waals surface area (Å²) >= 11 is 1.77. The summed E-state index contributed by atoms with van der Waals surface area (Å²) in [4.78, 5) is 2.44. The molecule has 0 aliphatic rings. The number of ether oxygens (including phenoxy) is 2. The molecule has 27 heavy (non-hydrogen) atoms. The molecule has 0 heterocycles. The highest BCUT2D eigenvalue weighted by Gasteiger charge is 2.38. The van der Waals surface area contributed by atoms with E-state index in [9.17, 15) is 0 Å². The Balaban J connectivity index is 2.09. The van der Waals surface area contributed by atoms with Crippen molar-refractivity contribution >= 4 is 11.8 Å². The molecular weight excluding hydrogens is 352 g/mol. The van der Waals surface area contributed by atoms with Crippen LogP contribution in [0, 0.1) is 0 Å². The minimum atomic E-state index is -0.232. The fraction of sp³-hybridized carbons (Fsp3) is 0.500. The van der Waals surface area contributed by atoms with Gasteiger partial charge in [-0.1, -0.05) is 44.7 Å². The van der Waals surface area contributed by atoms with Gasteiger partial charge in [-0.15, -0.1) is 0 Å². The second-order valence-electron chi connectivity index (χ2n) is 8.65. The van der Waals surface area contributed by atoms with E-state index >= 15 is 0 Å². The van der Waals surface area contributed by atoms with E-state index in [-0.39, 0.29) is 16.6 Å². The van der Waals surface area contributed by atoms with Crippen molar-refractivity contribution < 1.29 is 9.47 Å². The van der Waals surface area contributed by atoms with Gasteiger partial charge in [0.2, 0.25) is 0 Å². The van der Waals surface area contributed by atoms with Gasteiger partial charge in [-0.05, 0) is 76.1 Å². The second-order valence-corrected chi connectivity index (χ2v) is 9.80. The minimum absolute atomic E-state index is 0.0734. The van der Waals surface area contributed by atoms with Crippen LogP contribution in [0.5, 0.6) is 5.75 Å². The zero-order valence-corrected chi connectivity index (χ0v) is 18.9. The SMILES string of the molecule is CCC(C)(C)Oc1ccc(Sc2ccc(C(C)(C)C(C)(C)OC)cc2)cc1. The number of hydrogen-bond donors (Lipinski definition) is 0. The fourth-order valence-corrected chi connectivity index (χ4v) is 3.46. The Hall–Kier alpha value is -1.45. The highest BCUT2D eigenvalue weighted by Crippen LogP contribution is 2.38. The Morgan fingerprint density at radius 3 is 1.70 bits per heavy atom. The molecule has 0 bridgehead atoms. The van der Waals surface area contributed by atoms with E-state index in [1.54, 1.807) is 18.9 Å². The van der Waals surface area contributed by atoms with Crippen LogP contribution < -0.4 is 4.74 Å². The maximum absolute atomic E-state index is 6.03. The zero-order valence-electron chi connectivity index (χ0n) is 18.1. The highest BCUT2D eigenvalue weighted by molar-refractivity contribution is 7.99. The van der Waals surface area contributed by atoms with Crippen LogP contribution in [-0.4, -0.2) is 18.3 Å². The van der Waals surface area contributed by atoms with E-state index in [1.807, 2.05) is 0 Å². The van der Waals surface area contributed by atoms with Gasteiger partial charge in [0.05, 0.1) is 5.60 Å². The van der Waals surface area contributed by atoms with Gasteiger partial charge >= 0.3 is 0 Å². The Labute approximate surface area is 169 Å². The predicted molar refractivity (Wildman–Crippen MR) is 116 cm³/mol. The predicted octanol–water partition coefficient (Wildman–Crippen LogP) is 7.11. The molecule has 3 heteroatoms. The molecule has 0 aliphatic carbocycles. The van der Waals surface area contributed by atoms with E-state index in [4.69, 9.17) is 9.47 Å². The first kappa shape index (κ1) is 21.8. The van der Waals surface area contributed by atoms with Crippen LogP contribution in [0.1, 0.15) is 60.5 Å². The number of methoxy groups -OCH3 is 1. The molecule has 0 fully saturated rings. The normalized spacial score (nSPS) is 12.9. The molecule has 0 spiro atoms. The van der Waals surface area contributed by atoms with Gasteiger partial charge in [0, 0.05) is 22.3 Å². The Kier molecular flexibility index (Phi) is 6.70. The summed E-state index contributed by atoms with van der Waals surface area (Å²) in [5.74, 6) is 0.921. The highest BCUT2D eigenvalue weighted by atomic mass is 32.2. The summed E-state index contributed by atoms with van der Waals surface area (Å²) in [5, 5.41) is 0. The van der Waals surface area contributed by atoms with Crippen molar-refractivity contribution in [2.24, 2.45) is 0 Å². The molecule has 0 aliphatic heterocycles. The van der Waals surface area contributed by atoms with E-state index in [0.29, 0.717) is 0 Å². The molecule has 0 saturated carbocycles. The van der Waals surface area contributed by atoms with Gasteiger partial charge in [0.1, 0.15) is 11.4 Å². The van der Waals surface area contributed by atoms with Crippen molar-refractivity contribution in [1.29, 1.82) is 0 Å². The van der Waals surface area contributed by atoms with Gasteiger partial charge in [-0.25, -0.2) is 0 Å². The van der Waals surface area contributed by atoms with Crippen molar-refractivity contribution in [3.05, 3.63) is 54.1 Å². The number of hydrogen-bond acceptors (Lipinski definition) is 3. The monoisotopic (exact) mass is 386 g/mol. The van der Waals surface area contributed by atoms with E-state index in [2.05, 4.69) is 97.0 Å². The first-order valence-electron chi connectivity index (χ1n) is 9.63. The Morgan fingerprint density at radius 1 is 0.778 bits per heavy atom. The van der Waals surface area contributed by atoms with Crippen molar-refractivity contribution in [2.45, 2.75) is 81.3 Å². The van der Waals surface area contributed by atoms with Crippen LogP contribution >= 0.6 is 11.8 Å². The third kappa shape index (κ3) is 5.30. The lowest BCUT2D eigenvalue weighted by molar-refractivity contribution is -0.0342. The summed E-state index contributed by atoms with van der Waals surface area (Å²) in [6.45, 7) is 15.1. The summed E-state index contributed by atoms with van der Waals surface area (Å²) < 4.78 is 11.8. The second kappa shape index (κ2) is 8.28. The summed E-state index contributed by atoms with van der Waals surface area (Å²) in [5.41, 5.74) is 0.844. The molecule has 0 saturated heterocycles. The van der Waals surface area contributed by atoms with Crippen molar-refractivity contribution in [1.82, 2.24) is 0 Å². The van der Waals surface area contributed by atoms with Crippen LogP contribution in [0.3, 0.4) is 0 Å². The number of rotatable bonds is 8.